The molecule has 1 heterocycles. The summed E-state index contributed by atoms with van der Waals surface area (Å²) in [6.07, 6.45) is 0. The Bertz CT molecular complexity index is 876. The molecule has 9 heteroatoms. The molecule has 2 amide bonds. The zero-order chi connectivity index (χ0) is 20.1. The SMILES string of the molecule is COc1ccccc1N1CCN(C(=O)C(=O)Nc2ccc([N+](=O)[O-])cc2)CC1. The van der Waals surface area contributed by atoms with E-state index < -0.39 is 16.7 Å². The maximum Gasteiger partial charge on any atom is 0.313 e. The summed E-state index contributed by atoms with van der Waals surface area (Å²) < 4.78 is 5.37. The molecule has 146 valence electrons. The average Bonchev–Trinajstić information content (AvgIpc) is 2.73. The number of anilines is 2. The van der Waals surface area contributed by atoms with Crippen LogP contribution in [0.15, 0.2) is 48.5 Å². The van der Waals surface area contributed by atoms with Crippen molar-refractivity contribution in [2.45, 2.75) is 0 Å². The van der Waals surface area contributed by atoms with Crippen LogP contribution in [0.25, 0.3) is 0 Å². The fourth-order valence-electron chi connectivity index (χ4n) is 3.04. The number of hydrogen-bond donors (Lipinski definition) is 1. The first-order chi connectivity index (χ1) is 13.5. The summed E-state index contributed by atoms with van der Waals surface area (Å²) >= 11 is 0. The number of amides is 2. The molecule has 1 N–H and O–H groups in total. The number of ether oxygens (including phenoxy) is 1. The van der Waals surface area contributed by atoms with Crippen molar-refractivity contribution in [3.63, 3.8) is 0 Å². The molecule has 0 aliphatic carbocycles. The summed E-state index contributed by atoms with van der Waals surface area (Å²) in [4.78, 5) is 38.4. The molecule has 3 rings (SSSR count). The number of hydrogen-bond acceptors (Lipinski definition) is 6. The number of benzene rings is 2. The predicted octanol–water partition coefficient (Wildman–Crippen LogP) is 1.89. The number of rotatable bonds is 4. The molecule has 1 saturated heterocycles. The van der Waals surface area contributed by atoms with Gasteiger partial charge in [0, 0.05) is 44.0 Å². The van der Waals surface area contributed by atoms with E-state index in [2.05, 4.69) is 10.2 Å². The number of nitrogens with one attached hydrogen (secondary N) is 1. The van der Waals surface area contributed by atoms with Gasteiger partial charge >= 0.3 is 11.8 Å². The molecule has 0 radical (unpaired) electrons. The fraction of sp³-hybridized carbons (Fsp3) is 0.263. The number of carbonyl (C=O) groups excluding carboxylic acids is 2. The third kappa shape index (κ3) is 4.20. The minimum atomic E-state index is -0.764. The molecule has 1 aliphatic rings. The van der Waals surface area contributed by atoms with Crippen molar-refractivity contribution in [1.82, 2.24) is 4.90 Å². The summed E-state index contributed by atoms with van der Waals surface area (Å²) in [5.41, 5.74) is 1.20. The number of carbonyl (C=O) groups is 2. The zero-order valence-electron chi connectivity index (χ0n) is 15.3. The highest BCUT2D eigenvalue weighted by Gasteiger charge is 2.27. The maximum absolute atomic E-state index is 12.4. The number of piperazine rings is 1. The Morgan fingerprint density at radius 2 is 1.68 bits per heavy atom. The lowest BCUT2D eigenvalue weighted by Crippen LogP contribution is -2.51. The van der Waals surface area contributed by atoms with E-state index >= 15 is 0 Å². The minimum Gasteiger partial charge on any atom is -0.495 e. The van der Waals surface area contributed by atoms with Crippen LogP contribution in [0.3, 0.4) is 0 Å². The molecule has 0 aromatic heterocycles. The number of nitro benzene ring substituents is 1. The smallest absolute Gasteiger partial charge is 0.313 e. The van der Waals surface area contributed by atoms with Crippen molar-refractivity contribution in [1.29, 1.82) is 0 Å². The van der Waals surface area contributed by atoms with E-state index in [0.717, 1.165) is 11.4 Å². The summed E-state index contributed by atoms with van der Waals surface area (Å²) in [6, 6.07) is 13.0. The molecule has 2 aromatic carbocycles. The quantitative estimate of drug-likeness (QED) is 0.490. The van der Waals surface area contributed by atoms with E-state index in [1.165, 1.54) is 29.2 Å². The standard InChI is InChI=1S/C19H20N4O5/c1-28-17-5-3-2-4-16(17)21-10-12-22(13-11-21)19(25)18(24)20-14-6-8-15(9-7-14)23(26)27/h2-9H,10-13H2,1H3,(H,20,24). The Morgan fingerprint density at radius 1 is 1.04 bits per heavy atom. The molecule has 0 atom stereocenters. The largest absolute Gasteiger partial charge is 0.495 e. The molecule has 0 saturated carbocycles. The lowest BCUT2D eigenvalue weighted by atomic mass is 10.2. The van der Waals surface area contributed by atoms with Crippen LogP contribution in [0.1, 0.15) is 0 Å². The van der Waals surface area contributed by atoms with E-state index in [1.54, 1.807) is 7.11 Å². The van der Waals surface area contributed by atoms with Crippen LogP contribution in [0.2, 0.25) is 0 Å². The highest BCUT2D eigenvalue weighted by Crippen LogP contribution is 2.28. The topological polar surface area (TPSA) is 105 Å². The van der Waals surface area contributed by atoms with Gasteiger partial charge in [0.15, 0.2) is 0 Å². The van der Waals surface area contributed by atoms with Gasteiger partial charge in [0.1, 0.15) is 5.75 Å². The van der Waals surface area contributed by atoms with Crippen LogP contribution in [0, 0.1) is 10.1 Å². The van der Waals surface area contributed by atoms with Crippen LogP contribution >= 0.6 is 0 Å². The van der Waals surface area contributed by atoms with Gasteiger partial charge in [-0.25, -0.2) is 0 Å². The van der Waals surface area contributed by atoms with Gasteiger partial charge in [-0.3, -0.25) is 19.7 Å². The molecule has 0 unspecified atom stereocenters. The predicted molar refractivity (Wildman–Crippen MR) is 104 cm³/mol. The second-order valence-corrected chi connectivity index (χ2v) is 6.21. The first-order valence-electron chi connectivity index (χ1n) is 8.72. The number of nitro groups is 1. The monoisotopic (exact) mass is 384 g/mol. The summed E-state index contributed by atoms with van der Waals surface area (Å²) in [7, 11) is 1.61. The third-order valence-corrected chi connectivity index (χ3v) is 4.52. The molecule has 1 aliphatic heterocycles. The lowest BCUT2D eigenvalue weighted by Gasteiger charge is -2.36. The van der Waals surface area contributed by atoms with Gasteiger partial charge in [-0.05, 0) is 24.3 Å². The number of methoxy groups -OCH3 is 1. The van der Waals surface area contributed by atoms with Gasteiger partial charge in [0.05, 0.1) is 17.7 Å². The molecule has 9 nitrogen and oxygen atoms in total. The summed E-state index contributed by atoms with van der Waals surface area (Å²) in [5.74, 6) is -0.629. The van der Waals surface area contributed by atoms with E-state index in [1.807, 2.05) is 24.3 Å². The van der Waals surface area contributed by atoms with E-state index in [0.29, 0.717) is 31.9 Å². The van der Waals surface area contributed by atoms with Crippen LogP contribution in [0.5, 0.6) is 5.75 Å². The van der Waals surface area contributed by atoms with Gasteiger partial charge in [0.2, 0.25) is 0 Å². The second-order valence-electron chi connectivity index (χ2n) is 6.21. The summed E-state index contributed by atoms with van der Waals surface area (Å²) in [5, 5.41) is 13.1. The van der Waals surface area contributed by atoms with E-state index in [4.69, 9.17) is 4.74 Å². The summed E-state index contributed by atoms with van der Waals surface area (Å²) in [6.45, 7) is 1.98. The molecule has 0 spiro atoms. The third-order valence-electron chi connectivity index (χ3n) is 4.52. The zero-order valence-corrected chi connectivity index (χ0v) is 15.3. The second kappa shape index (κ2) is 8.38. The Balaban J connectivity index is 1.57. The molecule has 2 aromatic rings. The van der Waals surface area contributed by atoms with Crippen molar-refractivity contribution < 1.29 is 19.2 Å². The lowest BCUT2D eigenvalue weighted by molar-refractivity contribution is -0.384. The van der Waals surface area contributed by atoms with Crippen LogP contribution in [0.4, 0.5) is 17.1 Å². The first kappa shape index (κ1) is 19.2. The van der Waals surface area contributed by atoms with Crippen molar-refractivity contribution in [2.24, 2.45) is 0 Å². The Kier molecular flexibility index (Phi) is 5.73. The van der Waals surface area contributed by atoms with Gasteiger partial charge < -0.3 is 19.9 Å². The van der Waals surface area contributed by atoms with Crippen molar-refractivity contribution in [3.8, 4) is 5.75 Å². The molecule has 0 bridgehead atoms. The maximum atomic E-state index is 12.4. The van der Waals surface area contributed by atoms with Gasteiger partial charge in [0.25, 0.3) is 5.69 Å². The number of nitrogens with zero attached hydrogens (tertiary/aromatic N) is 3. The van der Waals surface area contributed by atoms with E-state index in [9.17, 15) is 19.7 Å². The van der Waals surface area contributed by atoms with Gasteiger partial charge in [-0.15, -0.1) is 0 Å². The van der Waals surface area contributed by atoms with E-state index in [-0.39, 0.29) is 5.69 Å². The van der Waals surface area contributed by atoms with Crippen LogP contribution in [-0.4, -0.2) is 54.9 Å². The number of non-ortho nitro benzene ring substituents is 1. The van der Waals surface area contributed by atoms with Crippen LogP contribution < -0.4 is 15.0 Å². The Hall–Kier alpha value is -3.62. The fourth-order valence-corrected chi connectivity index (χ4v) is 3.04. The van der Waals surface area contributed by atoms with Crippen molar-refractivity contribution in [3.05, 3.63) is 58.6 Å². The van der Waals surface area contributed by atoms with Crippen molar-refractivity contribution in [2.75, 3.05) is 43.5 Å². The van der Waals surface area contributed by atoms with Gasteiger partial charge in [-0.1, -0.05) is 12.1 Å². The molecular weight excluding hydrogens is 364 g/mol. The van der Waals surface area contributed by atoms with Crippen LogP contribution in [-0.2, 0) is 9.59 Å². The highest BCUT2D eigenvalue weighted by atomic mass is 16.6. The van der Waals surface area contributed by atoms with Gasteiger partial charge in [-0.2, -0.15) is 0 Å². The Morgan fingerprint density at radius 3 is 2.29 bits per heavy atom. The molecule has 1 fully saturated rings. The van der Waals surface area contributed by atoms with Crippen molar-refractivity contribution >= 4 is 28.9 Å². The minimum absolute atomic E-state index is 0.0863. The highest BCUT2D eigenvalue weighted by molar-refractivity contribution is 6.39. The normalized spacial score (nSPS) is 13.8. The number of para-hydroxylation sites is 2. The molecule has 28 heavy (non-hydrogen) atoms. The molecular formula is C19H20N4O5. The Labute approximate surface area is 161 Å². The average molecular weight is 384 g/mol. The first-order valence-corrected chi connectivity index (χ1v) is 8.72.